The van der Waals surface area contributed by atoms with Gasteiger partial charge in [-0.05, 0) is 47.5 Å². The molecule has 1 aliphatic heterocycles. The van der Waals surface area contributed by atoms with Gasteiger partial charge in [-0.1, -0.05) is 35.3 Å². The highest BCUT2D eigenvalue weighted by atomic mass is 35.5. The van der Waals surface area contributed by atoms with Crippen molar-refractivity contribution >= 4 is 47.0 Å². The van der Waals surface area contributed by atoms with E-state index in [-0.39, 0.29) is 35.4 Å². The van der Waals surface area contributed by atoms with Crippen LogP contribution in [0.25, 0.3) is 12.2 Å². The monoisotopic (exact) mass is 457 g/mol. The molecule has 1 amide bonds. The first kappa shape index (κ1) is 22.1. The van der Waals surface area contributed by atoms with Crippen LogP contribution in [0.1, 0.15) is 11.1 Å². The number of alkyl halides is 2. The van der Waals surface area contributed by atoms with E-state index in [1.807, 2.05) is 0 Å². The van der Waals surface area contributed by atoms with Gasteiger partial charge in [-0.15, -0.1) is 0 Å². The van der Waals surface area contributed by atoms with Crippen molar-refractivity contribution in [3.63, 3.8) is 0 Å². The first-order chi connectivity index (χ1) is 14.2. The smallest absolute Gasteiger partial charge is 0.256 e. The number of nitrogens with zero attached hydrogens (tertiary/aromatic N) is 1. The minimum Gasteiger partial charge on any atom is -0.331 e. The zero-order valence-electron chi connectivity index (χ0n) is 15.1. The maximum atomic E-state index is 13.5. The van der Waals surface area contributed by atoms with Crippen molar-refractivity contribution in [1.29, 1.82) is 0 Å². The van der Waals surface area contributed by atoms with Gasteiger partial charge in [-0.2, -0.15) is 0 Å². The first-order valence-corrected chi connectivity index (χ1v) is 9.46. The Kier molecular flexibility index (Phi) is 6.63. The lowest BCUT2D eigenvalue weighted by molar-refractivity contribution is -0.129. The molecule has 1 heterocycles. The molecular formula is C21H13Cl2F4NO2. The summed E-state index contributed by atoms with van der Waals surface area (Å²) in [5, 5.41) is 0. The molecule has 1 aliphatic rings. The maximum Gasteiger partial charge on any atom is 0.256 e. The summed E-state index contributed by atoms with van der Waals surface area (Å²) in [4.78, 5) is 25.0. The lowest BCUT2D eigenvalue weighted by Gasteiger charge is -2.30. The van der Waals surface area contributed by atoms with Gasteiger partial charge in [0.1, 0.15) is 0 Å². The molecule has 30 heavy (non-hydrogen) atoms. The number of likely N-dealkylation sites (tertiary alicyclic amines) is 1. The minimum absolute atomic E-state index is 0.0865. The summed E-state index contributed by atoms with van der Waals surface area (Å²) in [5.74, 6) is -5.45. The predicted molar refractivity (Wildman–Crippen MR) is 106 cm³/mol. The number of rotatable bonds is 3. The van der Waals surface area contributed by atoms with Crippen molar-refractivity contribution in [3.8, 4) is 0 Å². The zero-order valence-corrected chi connectivity index (χ0v) is 16.7. The van der Waals surface area contributed by atoms with Crippen LogP contribution in [0.4, 0.5) is 17.6 Å². The fourth-order valence-corrected chi connectivity index (χ4v) is 3.22. The Hall–Kier alpha value is -2.64. The number of halogens is 6. The van der Waals surface area contributed by atoms with E-state index in [1.165, 1.54) is 29.2 Å². The summed E-state index contributed by atoms with van der Waals surface area (Å²) in [5.41, 5.74) is 0.575. The quantitative estimate of drug-likeness (QED) is 0.372. The van der Waals surface area contributed by atoms with Crippen LogP contribution in [-0.4, -0.2) is 34.5 Å². The van der Waals surface area contributed by atoms with Crippen LogP contribution in [0.15, 0.2) is 47.5 Å². The Labute approximate surface area is 179 Å². The van der Waals surface area contributed by atoms with Crippen LogP contribution in [0.2, 0.25) is 0 Å². The molecule has 0 spiro atoms. The van der Waals surface area contributed by atoms with Gasteiger partial charge in [0, 0.05) is 24.2 Å². The van der Waals surface area contributed by atoms with E-state index in [1.54, 1.807) is 0 Å². The Morgan fingerprint density at radius 3 is 1.63 bits per heavy atom. The molecule has 1 saturated heterocycles. The molecule has 0 aromatic heterocycles. The molecule has 2 aromatic carbocycles. The first-order valence-electron chi connectivity index (χ1n) is 8.58. The fraction of sp³-hybridized carbons (Fsp3) is 0.143. The molecule has 2 aromatic rings. The van der Waals surface area contributed by atoms with E-state index in [4.69, 9.17) is 23.2 Å². The van der Waals surface area contributed by atoms with Gasteiger partial charge in [0.25, 0.3) is 5.91 Å². The van der Waals surface area contributed by atoms with E-state index in [0.717, 1.165) is 24.3 Å². The van der Waals surface area contributed by atoms with Gasteiger partial charge in [-0.25, -0.2) is 17.6 Å². The number of carbonyl (C=O) groups is 2. The molecular weight excluding hydrogens is 445 g/mol. The summed E-state index contributed by atoms with van der Waals surface area (Å²) >= 11 is 11.3. The number of piperidine rings is 1. The minimum atomic E-state index is -1.38. The zero-order chi connectivity index (χ0) is 22.0. The molecule has 0 N–H and O–H groups in total. The summed E-state index contributed by atoms with van der Waals surface area (Å²) in [7, 11) is 0. The summed E-state index contributed by atoms with van der Waals surface area (Å²) in [6.45, 7) is -0.330. The average molecular weight is 458 g/mol. The van der Waals surface area contributed by atoms with Crippen LogP contribution in [0.3, 0.4) is 0 Å². The number of carbonyl (C=O) groups excluding carboxylic acids is 2. The molecule has 0 bridgehead atoms. The average Bonchev–Trinajstić information content (AvgIpc) is 2.69. The van der Waals surface area contributed by atoms with E-state index < -0.39 is 39.8 Å². The van der Waals surface area contributed by atoms with Gasteiger partial charge in [0.2, 0.25) is 0 Å². The van der Waals surface area contributed by atoms with Crippen LogP contribution in [0, 0.1) is 23.3 Å². The van der Waals surface area contributed by atoms with Crippen molar-refractivity contribution < 1.29 is 27.2 Å². The van der Waals surface area contributed by atoms with E-state index >= 15 is 0 Å². The number of hydrogen-bond donors (Lipinski definition) is 0. The van der Waals surface area contributed by atoms with Crippen molar-refractivity contribution in [1.82, 2.24) is 4.90 Å². The highest BCUT2D eigenvalue weighted by molar-refractivity contribution is 6.53. The third kappa shape index (κ3) is 4.91. The fourth-order valence-electron chi connectivity index (χ4n) is 2.94. The molecule has 0 radical (unpaired) electrons. The normalized spacial score (nSPS) is 17.3. The van der Waals surface area contributed by atoms with Crippen molar-refractivity contribution in [2.75, 3.05) is 13.1 Å². The molecule has 9 heteroatoms. The molecule has 3 nitrogen and oxygen atoms in total. The number of ketones is 1. The van der Waals surface area contributed by atoms with E-state index in [9.17, 15) is 27.2 Å². The van der Waals surface area contributed by atoms with Gasteiger partial charge in [0.15, 0.2) is 33.9 Å². The van der Waals surface area contributed by atoms with Crippen molar-refractivity contribution in [2.24, 2.45) is 0 Å². The van der Waals surface area contributed by atoms with Crippen molar-refractivity contribution in [2.45, 2.75) is 4.84 Å². The molecule has 1 fully saturated rings. The summed E-state index contributed by atoms with van der Waals surface area (Å²) in [6.07, 6.45) is 2.61. The number of hydrogen-bond acceptors (Lipinski definition) is 2. The predicted octanol–water partition coefficient (Wildman–Crippen LogP) is 4.93. The van der Waals surface area contributed by atoms with Gasteiger partial charge >= 0.3 is 0 Å². The van der Waals surface area contributed by atoms with Crippen LogP contribution in [-0.2, 0) is 9.59 Å². The van der Waals surface area contributed by atoms with E-state index in [0.29, 0.717) is 0 Å². The summed E-state index contributed by atoms with van der Waals surface area (Å²) < 4.78 is 53.3. The Morgan fingerprint density at radius 1 is 0.833 bits per heavy atom. The second kappa shape index (κ2) is 9.02. The number of benzene rings is 2. The largest absolute Gasteiger partial charge is 0.331 e. The Bertz CT molecular complexity index is 1010. The van der Waals surface area contributed by atoms with Crippen molar-refractivity contribution in [3.05, 3.63) is 81.9 Å². The van der Waals surface area contributed by atoms with Gasteiger partial charge < -0.3 is 4.90 Å². The van der Waals surface area contributed by atoms with Gasteiger partial charge in [0.05, 0.1) is 0 Å². The molecule has 0 aliphatic carbocycles. The number of Topliss-reactive ketones (excluding diaryl/α,β-unsaturated/α-hetero) is 1. The van der Waals surface area contributed by atoms with Crippen LogP contribution >= 0.6 is 23.2 Å². The standard InChI is InChI=1S/C21H13Cl2F4NO2/c22-20(23)21(30)28-9-13(5-11-1-3-15(24)17(26)7-11)19(29)14(10-28)6-12-2-4-16(25)18(27)8-12/h1-8,20H,9-10H2/b13-5+,14-6+. The molecule has 156 valence electrons. The SMILES string of the molecule is O=C1/C(=C/c2ccc(F)c(F)c2)CN(C(=O)C(Cl)Cl)C/C1=C\c1ccc(F)c(F)c1. The third-order valence-corrected chi connectivity index (χ3v) is 4.75. The Balaban J connectivity index is 2.03. The van der Waals surface area contributed by atoms with Gasteiger partial charge in [-0.3, -0.25) is 9.59 Å². The lowest BCUT2D eigenvalue weighted by Crippen LogP contribution is -2.43. The van der Waals surface area contributed by atoms with Crippen LogP contribution in [0.5, 0.6) is 0 Å². The Morgan fingerprint density at radius 2 is 1.27 bits per heavy atom. The number of amides is 1. The highest BCUT2D eigenvalue weighted by Crippen LogP contribution is 2.25. The molecule has 0 saturated carbocycles. The molecule has 3 rings (SSSR count). The van der Waals surface area contributed by atoms with Crippen LogP contribution < -0.4 is 0 Å². The second-order valence-corrected chi connectivity index (χ2v) is 7.61. The van der Waals surface area contributed by atoms with E-state index in [2.05, 4.69) is 0 Å². The lowest BCUT2D eigenvalue weighted by atomic mass is 9.94. The molecule has 0 unspecified atom stereocenters. The second-order valence-electron chi connectivity index (χ2n) is 6.51. The highest BCUT2D eigenvalue weighted by Gasteiger charge is 2.31. The maximum absolute atomic E-state index is 13.5. The topological polar surface area (TPSA) is 37.4 Å². The molecule has 0 atom stereocenters. The summed E-state index contributed by atoms with van der Waals surface area (Å²) in [6, 6.07) is 6.16. The third-order valence-electron chi connectivity index (χ3n) is 4.37.